The van der Waals surface area contributed by atoms with Crippen molar-refractivity contribution >= 4 is 36.6 Å². The number of halogens is 5. The topological polar surface area (TPSA) is 106 Å². The molecule has 0 unspecified atom stereocenters. The first kappa shape index (κ1) is 24.5. The van der Waals surface area contributed by atoms with E-state index in [1.807, 2.05) is 0 Å². The third-order valence-electron chi connectivity index (χ3n) is 2.33. The second-order valence-corrected chi connectivity index (χ2v) is 4.13. The lowest BCUT2D eigenvalue weighted by Gasteiger charge is -2.12. The normalized spacial score (nSPS) is 10.0. The first-order valence-corrected chi connectivity index (χ1v) is 6.18. The quantitative estimate of drug-likeness (QED) is 0.628. The van der Waals surface area contributed by atoms with Crippen molar-refractivity contribution in [2.75, 3.05) is 19.7 Å². The first-order chi connectivity index (χ1) is 10.3. The molecule has 0 aliphatic carbocycles. The number of rotatable bonds is 7. The van der Waals surface area contributed by atoms with Crippen molar-refractivity contribution in [1.82, 2.24) is 15.6 Å². The Bertz CT molecular complexity index is 533. The summed E-state index contributed by atoms with van der Waals surface area (Å²) < 4.78 is 40.9. The molecular formula is C12H17Cl2F3N4O3. The minimum Gasteiger partial charge on any atom is -0.468 e. The summed E-state index contributed by atoms with van der Waals surface area (Å²) in [6.45, 7) is -2.09. The fourth-order valence-corrected chi connectivity index (χ4v) is 1.35. The number of hydrogen-bond donors (Lipinski definition) is 3. The number of carbonyl (C=O) groups is 2. The van der Waals surface area contributed by atoms with Crippen LogP contribution in [0, 0.1) is 0 Å². The maximum atomic E-state index is 12.1. The highest BCUT2D eigenvalue weighted by atomic mass is 35.5. The number of nitrogens with two attached hydrogens (primary N) is 1. The summed E-state index contributed by atoms with van der Waals surface area (Å²) in [5.74, 6) is -1.23. The molecule has 7 nitrogen and oxygen atoms in total. The molecule has 1 aromatic rings. The number of amides is 2. The number of hydrogen-bond acceptors (Lipinski definition) is 5. The van der Waals surface area contributed by atoms with Crippen molar-refractivity contribution in [3.05, 3.63) is 23.9 Å². The van der Waals surface area contributed by atoms with Crippen molar-refractivity contribution in [1.29, 1.82) is 0 Å². The van der Waals surface area contributed by atoms with E-state index in [0.717, 1.165) is 0 Å². The molecule has 0 radical (unpaired) electrons. The Balaban J connectivity index is 0. The molecule has 2 amide bonds. The van der Waals surface area contributed by atoms with Crippen LogP contribution in [0.25, 0.3) is 0 Å². The maximum absolute atomic E-state index is 12.1. The maximum Gasteiger partial charge on any atom is 0.422 e. The van der Waals surface area contributed by atoms with E-state index in [9.17, 15) is 22.8 Å². The Hall–Kier alpha value is -1.78. The van der Waals surface area contributed by atoms with E-state index in [0.29, 0.717) is 0 Å². The van der Waals surface area contributed by atoms with Crippen LogP contribution in [0.15, 0.2) is 18.3 Å². The molecule has 138 valence electrons. The standard InChI is InChI=1S/C12H15F3N4O3.2ClH/c13-12(14,15)7-22-11-8(2-1-3-17-11)5-18-10(21)6-19-9(20)4-16;;/h1-3H,4-7,16H2,(H,18,21)(H,19,20);2*1H. The predicted molar refractivity (Wildman–Crippen MR) is 84.2 cm³/mol. The molecule has 0 saturated heterocycles. The summed E-state index contributed by atoms with van der Waals surface area (Å²) in [5.41, 5.74) is 5.33. The molecule has 0 bridgehead atoms. The van der Waals surface area contributed by atoms with E-state index in [-0.39, 0.29) is 55.9 Å². The van der Waals surface area contributed by atoms with Crippen LogP contribution in [0.5, 0.6) is 5.88 Å². The number of aromatic nitrogens is 1. The summed E-state index contributed by atoms with van der Waals surface area (Å²) in [5, 5.41) is 4.68. The van der Waals surface area contributed by atoms with Crippen LogP contribution >= 0.6 is 24.8 Å². The zero-order chi connectivity index (χ0) is 16.6. The lowest BCUT2D eigenvalue weighted by molar-refractivity contribution is -0.154. The van der Waals surface area contributed by atoms with E-state index in [4.69, 9.17) is 5.73 Å². The van der Waals surface area contributed by atoms with Crippen LogP contribution in [0.1, 0.15) is 5.56 Å². The molecular weight excluding hydrogens is 376 g/mol. The monoisotopic (exact) mass is 392 g/mol. The number of alkyl halides is 3. The van der Waals surface area contributed by atoms with Gasteiger partial charge in [-0.25, -0.2) is 4.98 Å². The third kappa shape index (κ3) is 10.1. The molecule has 12 heteroatoms. The van der Waals surface area contributed by atoms with Crippen LogP contribution < -0.4 is 21.1 Å². The number of pyridine rings is 1. The highest BCUT2D eigenvalue weighted by Crippen LogP contribution is 2.19. The summed E-state index contributed by atoms with van der Waals surface area (Å²) in [6, 6.07) is 2.97. The van der Waals surface area contributed by atoms with Crippen LogP contribution in [0.3, 0.4) is 0 Å². The van der Waals surface area contributed by atoms with E-state index in [1.54, 1.807) is 0 Å². The van der Waals surface area contributed by atoms with Gasteiger partial charge in [0.15, 0.2) is 6.61 Å². The van der Waals surface area contributed by atoms with Gasteiger partial charge in [-0.15, -0.1) is 24.8 Å². The molecule has 1 rings (SSSR count). The Morgan fingerprint density at radius 1 is 1.21 bits per heavy atom. The van der Waals surface area contributed by atoms with Crippen molar-refractivity contribution in [3.63, 3.8) is 0 Å². The highest BCUT2D eigenvalue weighted by molar-refractivity contribution is 5.86. The smallest absolute Gasteiger partial charge is 0.422 e. The zero-order valence-electron chi connectivity index (χ0n) is 12.3. The SMILES string of the molecule is Cl.Cl.NCC(=O)NCC(=O)NCc1cccnc1OCC(F)(F)F. The second-order valence-electron chi connectivity index (χ2n) is 4.13. The molecule has 0 aliphatic rings. The molecule has 1 heterocycles. The van der Waals surface area contributed by atoms with E-state index < -0.39 is 24.6 Å². The predicted octanol–water partition coefficient (Wildman–Crippen LogP) is 0.557. The molecule has 0 aliphatic heterocycles. The molecule has 0 atom stereocenters. The van der Waals surface area contributed by atoms with Gasteiger partial charge in [-0.2, -0.15) is 13.2 Å². The number of nitrogens with one attached hydrogen (secondary N) is 2. The van der Waals surface area contributed by atoms with Gasteiger partial charge in [0.05, 0.1) is 13.1 Å². The van der Waals surface area contributed by atoms with Crippen molar-refractivity contribution < 1.29 is 27.5 Å². The van der Waals surface area contributed by atoms with E-state index in [2.05, 4.69) is 20.4 Å². The average molecular weight is 393 g/mol. The third-order valence-corrected chi connectivity index (χ3v) is 2.33. The van der Waals surface area contributed by atoms with Crippen molar-refractivity contribution in [3.8, 4) is 5.88 Å². The first-order valence-electron chi connectivity index (χ1n) is 6.18. The highest BCUT2D eigenvalue weighted by Gasteiger charge is 2.29. The summed E-state index contributed by atoms with van der Waals surface area (Å²) in [4.78, 5) is 26.0. The number of nitrogens with zero attached hydrogens (tertiary/aromatic N) is 1. The van der Waals surface area contributed by atoms with Gasteiger partial charge in [-0.05, 0) is 6.07 Å². The second kappa shape index (κ2) is 11.7. The molecule has 0 fully saturated rings. The Morgan fingerprint density at radius 2 is 1.88 bits per heavy atom. The fraction of sp³-hybridized carbons (Fsp3) is 0.417. The minimum absolute atomic E-state index is 0. The molecule has 1 aromatic heterocycles. The number of carbonyl (C=O) groups excluding carboxylic acids is 2. The van der Waals surface area contributed by atoms with Crippen LogP contribution in [0.2, 0.25) is 0 Å². The summed E-state index contributed by atoms with van der Waals surface area (Å²) >= 11 is 0. The van der Waals surface area contributed by atoms with Gasteiger partial charge >= 0.3 is 6.18 Å². The van der Waals surface area contributed by atoms with Crippen molar-refractivity contribution in [2.24, 2.45) is 5.73 Å². The lowest BCUT2D eigenvalue weighted by atomic mass is 10.2. The summed E-state index contributed by atoms with van der Waals surface area (Å²) in [7, 11) is 0. The van der Waals surface area contributed by atoms with E-state index in [1.165, 1.54) is 18.3 Å². The van der Waals surface area contributed by atoms with Gasteiger partial charge in [0.1, 0.15) is 0 Å². The Morgan fingerprint density at radius 3 is 2.46 bits per heavy atom. The lowest BCUT2D eigenvalue weighted by Crippen LogP contribution is -2.39. The summed E-state index contributed by atoms with van der Waals surface area (Å²) in [6.07, 6.45) is -3.21. The molecule has 0 saturated carbocycles. The minimum atomic E-state index is -4.48. The van der Waals surface area contributed by atoms with Crippen LogP contribution in [-0.2, 0) is 16.1 Å². The largest absolute Gasteiger partial charge is 0.468 e. The van der Waals surface area contributed by atoms with Gasteiger partial charge in [-0.1, -0.05) is 6.07 Å². The Labute approximate surface area is 148 Å². The molecule has 0 spiro atoms. The molecule has 24 heavy (non-hydrogen) atoms. The number of ether oxygens (including phenoxy) is 1. The molecule has 0 aromatic carbocycles. The van der Waals surface area contributed by atoms with Gasteiger partial charge in [-0.3, -0.25) is 9.59 Å². The Kier molecular flexibility index (Phi) is 11.9. The van der Waals surface area contributed by atoms with Crippen molar-refractivity contribution in [2.45, 2.75) is 12.7 Å². The fourth-order valence-electron chi connectivity index (χ4n) is 1.35. The van der Waals surface area contributed by atoms with E-state index >= 15 is 0 Å². The van der Waals surface area contributed by atoms with Gasteiger partial charge in [0, 0.05) is 18.3 Å². The zero-order valence-corrected chi connectivity index (χ0v) is 13.9. The van der Waals surface area contributed by atoms with Crippen LogP contribution in [0.4, 0.5) is 13.2 Å². The van der Waals surface area contributed by atoms with Crippen LogP contribution in [-0.4, -0.2) is 42.7 Å². The molecule has 4 N–H and O–H groups in total. The van der Waals surface area contributed by atoms with Gasteiger partial charge in [0.2, 0.25) is 17.7 Å². The van der Waals surface area contributed by atoms with Gasteiger partial charge < -0.3 is 21.1 Å². The van der Waals surface area contributed by atoms with Gasteiger partial charge in [0.25, 0.3) is 0 Å². The average Bonchev–Trinajstić information content (AvgIpc) is 2.48.